The average molecular weight is 455 g/mol. The molecular formula is C24H23ClN2O3S. The zero-order chi connectivity index (χ0) is 22.2. The van der Waals surface area contributed by atoms with E-state index in [1.165, 1.54) is 11.8 Å². The Hall–Kier alpha value is -2.96. The van der Waals surface area contributed by atoms with Crippen LogP contribution in [0.15, 0.2) is 77.7 Å². The number of amides is 2. The molecule has 0 aliphatic rings. The zero-order valence-corrected chi connectivity index (χ0v) is 18.8. The minimum absolute atomic E-state index is 0.106. The van der Waals surface area contributed by atoms with Gasteiger partial charge in [-0.15, -0.1) is 11.8 Å². The number of methoxy groups -OCH3 is 1. The highest BCUT2D eigenvalue weighted by molar-refractivity contribution is 8.00. The van der Waals surface area contributed by atoms with Crippen LogP contribution in [-0.4, -0.2) is 24.2 Å². The van der Waals surface area contributed by atoms with E-state index < -0.39 is 0 Å². The van der Waals surface area contributed by atoms with Crippen LogP contribution in [0, 0.1) is 0 Å². The second-order valence-corrected chi connectivity index (χ2v) is 8.41. The Morgan fingerprint density at radius 2 is 1.77 bits per heavy atom. The number of para-hydroxylation sites is 2. The molecule has 0 heterocycles. The molecule has 2 N–H and O–H groups in total. The lowest BCUT2D eigenvalue weighted by Crippen LogP contribution is -2.24. The van der Waals surface area contributed by atoms with Crippen molar-refractivity contribution in [2.75, 3.05) is 17.7 Å². The summed E-state index contributed by atoms with van der Waals surface area (Å²) >= 11 is 7.41. The number of halogens is 1. The monoisotopic (exact) mass is 454 g/mol. The molecular weight excluding hydrogens is 432 g/mol. The summed E-state index contributed by atoms with van der Waals surface area (Å²) < 4.78 is 5.30. The second-order valence-electron chi connectivity index (χ2n) is 6.70. The number of benzene rings is 3. The number of ether oxygens (including phenoxy) is 1. The molecule has 7 heteroatoms. The fourth-order valence-electron chi connectivity index (χ4n) is 2.93. The standard InChI is InChI=1S/C24H23ClN2O3S/c1-3-22(24(29)27-20-12-4-5-13-21(20)30-2)31-19-11-7-10-18(15-19)26-23(28)16-8-6-9-17(25)14-16/h4-15,22H,3H2,1-2H3,(H,26,28)(H,27,29). The third-order valence-electron chi connectivity index (χ3n) is 4.49. The van der Waals surface area contributed by atoms with Gasteiger partial charge in [-0.05, 0) is 55.0 Å². The quantitative estimate of drug-likeness (QED) is 0.403. The Bertz CT molecular complexity index is 1070. The van der Waals surface area contributed by atoms with Crippen LogP contribution in [0.25, 0.3) is 0 Å². The number of hydrogen-bond acceptors (Lipinski definition) is 4. The summed E-state index contributed by atoms with van der Waals surface area (Å²) in [6.45, 7) is 1.96. The minimum atomic E-state index is -0.302. The van der Waals surface area contributed by atoms with Crippen molar-refractivity contribution >= 4 is 46.6 Å². The maximum absolute atomic E-state index is 12.8. The van der Waals surface area contributed by atoms with Crippen LogP contribution in [0.5, 0.6) is 5.75 Å². The number of carbonyl (C=O) groups is 2. The SMILES string of the molecule is CCC(Sc1cccc(NC(=O)c2cccc(Cl)c2)c1)C(=O)Nc1ccccc1OC. The Morgan fingerprint density at radius 3 is 2.52 bits per heavy atom. The van der Waals surface area contributed by atoms with E-state index in [4.69, 9.17) is 16.3 Å². The highest BCUT2D eigenvalue weighted by Gasteiger charge is 2.19. The molecule has 3 aromatic carbocycles. The van der Waals surface area contributed by atoms with E-state index in [0.717, 1.165) is 4.90 Å². The molecule has 0 aliphatic heterocycles. The third-order valence-corrected chi connectivity index (χ3v) is 6.08. The van der Waals surface area contributed by atoms with E-state index in [2.05, 4.69) is 10.6 Å². The summed E-state index contributed by atoms with van der Waals surface area (Å²) in [4.78, 5) is 26.2. The third kappa shape index (κ3) is 6.26. The van der Waals surface area contributed by atoms with E-state index in [1.807, 2.05) is 43.3 Å². The lowest BCUT2D eigenvalue weighted by Gasteiger charge is -2.17. The lowest BCUT2D eigenvalue weighted by molar-refractivity contribution is -0.115. The van der Waals surface area contributed by atoms with Crippen LogP contribution < -0.4 is 15.4 Å². The van der Waals surface area contributed by atoms with Gasteiger partial charge in [-0.25, -0.2) is 0 Å². The Labute approximate surface area is 191 Å². The van der Waals surface area contributed by atoms with Gasteiger partial charge in [-0.1, -0.05) is 42.8 Å². The van der Waals surface area contributed by atoms with Gasteiger partial charge >= 0.3 is 0 Å². The molecule has 0 saturated heterocycles. The molecule has 1 atom stereocenters. The maximum atomic E-state index is 12.8. The molecule has 0 fully saturated rings. The first kappa shape index (κ1) is 22.7. The fraction of sp³-hybridized carbons (Fsp3) is 0.167. The van der Waals surface area contributed by atoms with Gasteiger partial charge in [0.25, 0.3) is 5.91 Å². The van der Waals surface area contributed by atoms with Crippen LogP contribution >= 0.6 is 23.4 Å². The lowest BCUT2D eigenvalue weighted by atomic mass is 10.2. The molecule has 0 aliphatic carbocycles. The summed E-state index contributed by atoms with van der Waals surface area (Å²) in [6.07, 6.45) is 0.644. The summed E-state index contributed by atoms with van der Waals surface area (Å²) in [5.74, 6) is 0.261. The molecule has 0 saturated carbocycles. The van der Waals surface area contributed by atoms with Gasteiger partial charge in [-0.3, -0.25) is 9.59 Å². The summed E-state index contributed by atoms with van der Waals surface area (Å²) in [6, 6.07) is 21.5. The van der Waals surface area contributed by atoms with Gasteiger partial charge in [0.1, 0.15) is 5.75 Å². The van der Waals surface area contributed by atoms with Crippen molar-refractivity contribution in [2.45, 2.75) is 23.5 Å². The highest BCUT2D eigenvalue weighted by Crippen LogP contribution is 2.30. The van der Waals surface area contributed by atoms with Gasteiger partial charge in [0.05, 0.1) is 18.0 Å². The summed E-state index contributed by atoms with van der Waals surface area (Å²) in [5, 5.41) is 6.01. The number of nitrogens with one attached hydrogen (secondary N) is 2. The number of rotatable bonds is 8. The summed E-state index contributed by atoms with van der Waals surface area (Å²) in [7, 11) is 1.57. The predicted octanol–water partition coefficient (Wildman–Crippen LogP) is 6.11. The first-order valence-corrected chi connectivity index (χ1v) is 11.0. The molecule has 3 rings (SSSR count). The van der Waals surface area contributed by atoms with Crippen molar-refractivity contribution in [3.05, 3.63) is 83.4 Å². The van der Waals surface area contributed by atoms with E-state index >= 15 is 0 Å². The van der Waals surface area contributed by atoms with E-state index in [1.54, 1.807) is 43.5 Å². The highest BCUT2D eigenvalue weighted by atomic mass is 35.5. The van der Waals surface area contributed by atoms with Crippen molar-refractivity contribution in [3.63, 3.8) is 0 Å². The molecule has 0 spiro atoms. The van der Waals surface area contributed by atoms with Gasteiger partial charge < -0.3 is 15.4 Å². The van der Waals surface area contributed by atoms with Crippen molar-refractivity contribution in [3.8, 4) is 5.75 Å². The van der Waals surface area contributed by atoms with Crippen molar-refractivity contribution in [1.29, 1.82) is 0 Å². The molecule has 2 amide bonds. The smallest absolute Gasteiger partial charge is 0.255 e. The first-order chi connectivity index (χ1) is 15.0. The first-order valence-electron chi connectivity index (χ1n) is 9.77. The largest absolute Gasteiger partial charge is 0.495 e. The fourth-order valence-corrected chi connectivity index (χ4v) is 4.13. The summed E-state index contributed by atoms with van der Waals surface area (Å²) in [5.41, 5.74) is 1.76. The normalized spacial score (nSPS) is 11.5. The number of anilines is 2. The number of hydrogen-bond donors (Lipinski definition) is 2. The van der Waals surface area contributed by atoms with Crippen molar-refractivity contribution < 1.29 is 14.3 Å². The van der Waals surface area contributed by atoms with Crippen molar-refractivity contribution in [1.82, 2.24) is 0 Å². The van der Waals surface area contributed by atoms with E-state index in [-0.39, 0.29) is 17.1 Å². The number of carbonyl (C=O) groups excluding carboxylic acids is 2. The Balaban J connectivity index is 1.68. The van der Waals surface area contributed by atoms with Gasteiger partial charge in [0.2, 0.25) is 5.91 Å². The van der Waals surface area contributed by atoms with Crippen LogP contribution in [0.1, 0.15) is 23.7 Å². The van der Waals surface area contributed by atoms with Crippen LogP contribution in [-0.2, 0) is 4.79 Å². The minimum Gasteiger partial charge on any atom is -0.495 e. The second kappa shape index (κ2) is 10.9. The Kier molecular flexibility index (Phi) is 7.98. The van der Waals surface area contributed by atoms with Crippen LogP contribution in [0.3, 0.4) is 0 Å². The van der Waals surface area contributed by atoms with Crippen LogP contribution in [0.2, 0.25) is 5.02 Å². The topological polar surface area (TPSA) is 67.4 Å². The predicted molar refractivity (Wildman–Crippen MR) is 127 cm³/mol. The van der Waals surface area contributed by atoms with Gasteiger partial charge in [0.15, 0.2) is 0 Å². The van der Waals surface area contributed by atoms with E-state index in [9.17, 15) is 9.59 Å². The van der Waals surface area contributed by atoms with Crippen molar-refractivity contribution in [2.24, 2.45) is 0 Å². The molecule has 0 bridgehead atoms. The molecule has 160 valence electrons. The zero-order valence-electron chi connectivity index (χ0n) is 17.2. The molecule has 31 heavy (non-hydrogen) atoms. The molecule has 3 aromatic rings. The average Bonchev–Trinajstić information content (AvgIpc) is 2.78. The molecule has 0 aromatic heterocycles. The van der Waals surface area contributed by atoms with Crippen LogP contribution in [0.4, 0.5) is 11.4 Å². The van der Waals surface area contributed by atoms with Gasteiger partial charge in [0, 0.05) is 21.2 Å². The van der Waals surface area contributed by atoms with E-state index in [0.29, 0.717) is 34.1 Å². The van der Waals surface area contributed by atoms with Gasteiger partial charge in [-0.2, -0.15) is 0 Å². The molecule has 1 unspecified atom stereocenters. The number of thioether (sulfide) groups is 1. The Morgan fingerprint density at radius 1 is 1.00 bits per heavy atom. The maximum Gasteiger partial charge on any atom is 0.255 e. The molecule has 5 nitrogen and oxygen atoms in total. The molecule has 0 radical (unpaired) electrons.